The van der Waals surface area contributed by atoms with Crippen LogP contribution in [0.1, 0.15) is 70.6 Å². The lowest BCUT2D eigenvalue weighted by Gasteiger charge is -2.37. The predicted molar refractivity (Wildman–Crippen MR) is 282 cm³/mol. The number of hydrazine groups is 1. The molecule has 18 heteroatoms. The van der Waals surface area contributed by atoms with Gasteiger partial charge in [0.15, 0.2) is 0 Å². The Bertz CT molecular complexity index is 2460. The van der Waals surface area contributed by atoms with Crippen molar-refractivity contribution < 1.29 is 33.8 Å². The quantitative estimate of drug-likeness (QED) is 0.141. The van der Waals surface area contributed by atoms with Crippen LogP contribution in [0, 0.1) is 24.2 Å². The number of cyclic esters (lactones) is 1. The summed E-state index contributed by atoms with van der Waals surface area (Å²) in [6.07, 6.45) is 6.93. The number of aromatic hydroxyl groups is 1. The molecule has 3 aliphatic heterocycles. The zero-order chi connectivity index (χ0) is 45.3. The van der Waals surface area contributed by atoms with E-state index in [1.165, 1.54) is 16.0 Å². The largest absolute Gasteiger partial charge is 0.508 e. The van der Waals surface area contributed by atoms with Gasteiger partial charge in [-0.25, -0.2) is 5.43 Å². The highest BCUT2D eigenvalue weighted by Crippen LogP contribution is 2.41. The summed E-state index contributed by atoms with van der Waals surface area (Å²) in [6.45, 7) is 17.4. The maximum absolute atomic E-state index is 14.7. The summed E-state index contributed by atoms with van der Waals surface area (Å²) in [7, 11) is 1.58. The van der Waals surface area contributed by atoms with Gasteiger partial charge in [-0.3, -0.25) is 34.0 Å². The molecule has 67 heavy (non-hydrogen) atoms. The molecule has 3 aliphatic rings. The smallest absolute Gasteiger partial charge is 0.324 e. The second kappa shape index (κ2) is 23.6. The molecule has 2 fully saturated rings. The minimum atomic E-state index is -1.15. The first-order valence-electron chi connectivity index (χ1n) is 22.1. The van der Waals surface area contributed by atoms with Crippen molar-refractivity contribution in [2.24, 2.45) is 17.3 Å². The number of rotatable bonds is 8. The first-order valence-corrected chi connectivity index (χ1v) is 22.1. The van der Waals surface area contributed by atoms with Crippen molar-refractivity contribution in [3.8, 4) is 28.1 Å². The van der Waals surface area contributed by atoms with E-state index in [2.05, 4.69) is 66.7 Å². The van der Waals surface area contributed by atoms with Crippen LogP contribution in [0.2, 0.25) is 0 Å². The summed E-state index contributed by atoms with van der Waals surface area (Å²) in [5.74, 6) is -2.80. The Morgan fingerprint density at radius 3 is 2.45 bits per heavy atom. The van der Waals surface area contributed by atoms with Crippen LogP contribution in [0.25, 0.3) is 33.3 Å². The monoisotopic (exact) mass is 995 g/mol. The number of carbonyl (C=O) groups is 5. The molecule has 2 aromatic heterocycles. The topological polar surface area (TPSA) is 166 Å². The van der Waals surface area contributed by atoms with E-state index >= 15 is 0 Å². The van der Waals surface area contributed by atoms with E-state index in [1.54, 1.807) is 30.3 Å². The molecule has 4 atom stereocenters. The molecule has 2 saturated heterocycles. The number of phenols is 1. The third-order valence-electron chi connectivity index (χ3n) is 12.8. The number of phenolic OH excluding ortho intramolecular Hbond substituents is 1. The van der Waals surface area contributed by atoms with Crippen LogP contribution in [0.5, 0.6) is 5.75 Å². The molecule has 6 bridgehead atoms. The van der Waals surface area contributed by atoms with Crippen LogP contribution in [0.15, 0.2) is 67.5 Å². The lowest BCUT2D eigenvalue weighted by atomic mass is 9.84. The van der Waals surface area contributed by atoms with Gasteiger partial charge in [0.1, 0.15) is 23.9 Å². The van der Waals surface area contributed by atoms with Gasteiger partial charge in [0.05, 0.1) is 18.2 Å². The average molecular weight is 996 g/mol. The summed E-state index contributed by atoms with van der Waals surface area (Å²) >= 11 is 0. The fourth-order valence-electron chi connectivity index (χ4n) is 9.62. The normalized spacial score (nSPS) is 19.6. The van der Waals surface area contributed by atoms with E-state index in [1.807, 2.05) is 38.2 Å². The van der Waals surface area contributed by atoms with Gasteiger partial charge in [0.2, 0.25) is 17.7 Å². The Labute approximate surface area is 422 Å². The third-order valence-corrected chi connectivity index (χ3v) is 12.8. The molecule has 0 aliphatic carbocycles. The molecule has 0 radical (unpaired) electrons. The number of benzene rings is 2. The van der Waals surface area contributed by atoms with Crippen LogP contribution in [-0.2, 0) is 48.1 Å². The Balaban J connectivity index is 0.00000298. The minimum absolute atomic E-state index is 0. The van der Waals surface area contributed by atoms with Gasteiger partial charge in [-0.15, -0.1) is 0 Å². The summed E-state index contributed by atoms with van der Waals surface area (Å²) in [5.41, 5.74) is 10.1. The molecule has 4 amide bonds. The van der Waals surface area contributed by atoms with E-state index in [0.29, 0.717) is 44.3 Å². The Morgan fingerprint density at radius 1 is 1.04 bits per heavy atom. The summed E-state index contributed by atoms with van der Waals surface area (Å²) < 4.78 is 8.37. The van der Waals surface area contributed by atoms with Crippen LogP contribution in [0.3, 0.4) is 0 Å². The zero-order valence-electron chi connectivity index (χ0n) is 39.6. The van der Waals surface area contributed by atoms with Gasteiger partial charge in [-0.05, 0) is 110 Å². The SMILES string of the molecule is C=CC(=O)N1CC[C@H](C(=O)N(C)[C@H](C(=O)N[C@H]2Cc3cc(O)cc(c3)-c3ccc4c(c3)c(c(-c3cnccc3C)n4CC)CC(C)(C)COC(=O)[C@@H]3CCCN(N3)C2=O)C(C)C)C1.S.S.S.S. The molecule has 0 unspecified atom stereocenters. The zero-order valence-corrected chi connectivity index (χ0v) is 43.6. The van der Waals surface area contributed by atoms with Gasteiger partial charge in [-0.1, -0.05) is 46.4 Å². The van der Waals surface area contributed by atoms with Crippen molar-refractivity contribution in [2.75, 3.05) is 33.3 Å². The first-order chi connectivity index (χ1) is 30.0. The molecule has 4 aromatic rings. The number of ether oxygens (including phenoxy) is 1. The summed E-state index contributed by atoms with van der Waals surface area (Å²) in [4.78, 5) is 76.6. The molecule has 7 rings (SSSR count). The third kappa shape index (κ3) is 12.2. The molecule has 0 saturated carbocycles. The molecule has 2 aromatic carbocycles. The lowest BCUT2D eigenvalue weighted by Crippen LogP contribution is -2.62. The highest BCUT2D eigenvalue weighted by Gasteiger charge is 2.40. The number of carbonyl (C=O) groups excluding carboxylic acids is 5. The van der Waals surface area contributed by atoms with Crippen molar-refractivity contribution in [2.45, 2.75) is 98.3 Å². The number of esters is 1. The first kappa shape index (κ1) is 56.7. The maximum Gasteiger partial charge on any atom is 0.324 e. The highest BCUT2D eigenvalue weighted by molar-refractivity contribution is 7.59. The molecular formula is C49H69N7O7S4. The second-order valence-corrected chi connectivity index (χ2v) is 18.5. The van der Waals surface area contributed by atoms with E-state index in [4.69, 9.17) is 4.74 Å². The minimum Gasteiger partial charge on any atom is -0.508 e. The second-order valence-electron chi connectivity index (χ2n) is 18.5. The number of likely N-dealkylation sites (N-methyl/N-ethyl adjacent to an activating group) is 1. The number of hydrogen-bond acceptors (Lipinski definition) is 9. The fourth-order valence-corrected chi connectivity index (χ4v) is 9.62. The average Bonchev–Trinajstić information content (AvgIpc) is 3.87. The van der Waals surface area contributed by atoms with Crippen molar-refractivity contribution in [3.05, 3.63) is 84.2 Å². The highest BCUT2D eigenvalue weighted by atomic mass is 32.1. The van der Waals surface area contributed by atoms with E-state index < -0.39 is 47.2 Å². The molecule has 0 spiro atoms. The van der Waals surface area contributed by atoms with Crippen molar-refractivity contribution >= 4 is 94.5 Å². The van der Waals surface area contributed by atoms with E-state index in [9.17, 15) is 29.1 Å². The predicted octanol–water partition coefficient (Wildman–Crippen LogP) is 6.02. The molecule has 5 heterocycles. The standard InChI is InChI=1S/C49H61N7O7.4H2S/c1-9-42(58)54-19-16-33(27-54)46(60)53(8)43(29(3)4)45(59)51-40-22-31-20-34(23-35(57)21-31)32-13-14-41-36(24-32)37(44(55(41)10-2)38-26-50-17-15-30(38)5)25-49(6,7)28-63-48(62)39-12-11-18-56(52-39)47(40)61;;;;/h9,13-15,17,20-21,23-24,26,29,33,39-40,43,52,57H,1,10-12,16,18-19,22,25,27-28H2,2-8H3,(H,51,59);4*1H2/t33-,39-,40-,43-;;;;/m0..../s1. The number of aryl methyl sites for hydroxylation is 2. The van der Waals surface area contributed by atoms with Crippen LogP contribution in [-0.4, -0.2) is 110 Å². The number of hydrogen-bond donors (Lipinski definition) is 3. The van der Waals surface area contributed by atoms with Gasteiger partial charge < -0.3 is 29.5 Å². The van der Waals surface area contributed by atoms with Crippen LogP contribution >= 0.6 is 54.0 Å². The Kier molecular flexibility index (Phi) is 20.0. The number of pyridine rings is 1. The molecule has 366 valence electrons. The summed E-state index contributed by atoms with van der Waals surface area (Å²) in [5, 5.41) is 16.7. The Hall–Kier alpha value is -4.62. The number of nitrogens with one attached hydrogen (secondary N) is 2. The number of aromatic nitrogens is 2. The number of likely N-dealkylation sites (tertiary alicyclic amines) is 1. The van der Waals surface area contributed by atoms with Gasteiger partial charge in [0, 0.05) is 73.9 Å². The van der Waals surface area contributed by atoms with Crippen molar-refractivity contribution in [1.82, 2.24) is 35.1 Å². The van der Waals surface area contributed by atoms with Crippen LogP contribution < -0.4 is 10.7 Å². The molecule has 3 N–H and O–H groups in total. The molecule has 14 nitrogen and oxygen atoms in total. The number of nitrogens with zero attached hydrogens (tertiary/aromatic N) is 5. The van der Waals surface area contributed by atoms with Crippen molar-refractivity contribution in [3.63, 3.8) is 0 Å². The number of amides is 4. The Morgan fingerprint density at radius 2 is 1.78 bits per heavy atom. The summed E-state index contributed by atoms with van der Waals surface area (Å²) in [6, 6.07) is 10.6. The van der Waals surface area contributed by atoms with Crippen LogP contribution in [0.4, 0.5) is 0 Å². The lowest BCUT2D eigenvalue weighted by molar-refractivity contribution is -0.155. The van der Waals surface area contributed by atoms with E-state index in [0.717, 1.165) is 44.4 Å². The number of fused-ring (bicyclic) bond motifs is 6. The molecular weight excluding hydrogens is 927 g/mol. The fraction of sp³-hybridized carbons (Fsp3) is 0.469. The van der Waals surface area contributed by atoms with E-state index in [-0.39, 0.29) is 104 Å². The maximum atomic E-state index is 14.7. The van der Waals surface area contributed by atoms with Gasteiger partial charge in [-0.2, -0.15) is 54.0 Å². The van der Waals surface area contributed by atoms with Gasteiger partial charge in [0.25, 0.3) is 5.91 Å². The van der Waals surface area contributed by atoms with Crippen molar-refractivity contribution in [1.29, 1.82) is 0 Å². The van der Waals surface area contributed by atoms with Gasteiger partial charge >= 0.3 is 5.97 Å².